The SMILES string of the molecule is CC(=O)Oc1c(C)c(C(C)=O)c(O)c2ccccc12. The van der Waals surface area contributed by atoms with Crippen LogP contribution in [0.25, 0.3) is 10.8 Å². The van der Waals surface area contributed by atoms with Gasteiger partial charge in [-0.05, 0) is 13.8 Å². The predicted octanol–water partition coefficient (Wildman–Crippen LogP) is 2.98. The molecule has 0 heterocycles. The van der Waals surface area contributed by atoms with Crippen molar-refractivity contribution in [2.24, 2.45) is 0 Å². The zero-order valence-corrected chi connectivity index (χ0v) is 11.0. The number of hydrogen-bond donors (Lipinski definition) is 1. The van der Waals surface area contributed by atoms with E-state index in [1.165, 1.54) is 13.8 Å². The molecule has 0 saturated carbocycles. The van der Waals surface area contributed by atoms with E-state index < -0.39 is 5.97 Å². The van der Waals surface area contributed by atoms with Crippen molar-refractivity contribution in [1.29, 1.82) is 0 Å². The predicted molar refractivity (Wildman–Crippen MR) is 71.7 cm³/mol. The van der Waals surface area contributed by atoms with Gasteiger partial charge in [0.15, 0.2) is 5.78 Å². The number of phenolic OH excluding ortho intramolecular Hbond substituents is 1. The molecule has 0 amide bonds. The summed E-state index contributed by atoms with van der Waals surface area (Å²) in [5.41, 5.74) is 0.661. The summed E-state index contributed by atoms with van der Waals surface area (Å²) in [5, 5.41) is 11.3. The smallest absolute Gasteiger partial charge is 0.308 e. The minimum Gasteiger partial charge on any atom is -0.507 e. The number of esters is 1. The van der Waals surface area contributed by atoms with Crippen molar-refractivity contribution in [2.45, 2.75) is 20.8 Å². The lowest BCUT2D eigenvalue weighted by atomic mass is 9.96. The molecule has 0 bridgehead atoms. The lowest BCUT2D eigenvalue weighted by molar-refractivity contribution is -0.131. The molecule has 2 aromatic carbocycles. The molecule has 0 saturated heterocycles. The molecule has 0 fully saturated rings. The van der Waals surface area contributed by atoms with Gasteiger partial charge in [-0.1, -0.05) is 24.3 Å². The fraction of sp³-hybridized carbons (Fsp3) is 0.200. The maximum atomic E-state index is 11.7. The van der Waals surface area contributed by atoms with E-state index in [0.29, 0.717) is 22.1 Å². The van der Waals surface area contributed by atoms with Gasteiger partial charge in [0.2, 0.25) is 0 Å². The van der Waals surface area contributed by atoms with E-state index in [1.54, 1.807) is 31.2 Å². The van der Waals surface area contributed by atoms with E-state index in [0.717, 1.165) is 0 Å². The van der Waals surface area contributed by atoms with Gasteiger partial charge in [-0.3, -0.25) is 9.59 Å². The molecule has 1 N–H and O–H groups in total. The Morgan fingerprint density at radius 1 is 1.11 bits per heavy atom. The van der Waals surface area contributed by atoms with Crippen molar-refractivity contribution in [2.75, 3.05) is 0 Å². The summed E-state index contributed by atoms with van der Waals surface area (Å²) in [7, 11) is 0. The van der Waals surface area contributed by atoms with Gasteiger partial charge < -0.3 is 9.84 Å². The highest BCUT2D eigenvalue weighted by Crippen LogP contribution is 2.39. The molecule has 4 nitrogen and oxygen atoms in total. The van der Waals surface area contributed by atoms with Crippen molar-refractivity contribution in [3.8, 4) is 11.5 Å². The number of benzene rings is 2. The highest BCUT2D eigenvalue weighted by molar-refractivity contribution is 6.08. The monoisotopic (exact) mass is 258 g/mol. The van der Waals surface area contributed by atoms with E-state index in [1.807, 2.05) is 0 Å². The van der Waals surface area contributed by atoms with Gasteiger partial charge in [-0.15, -0.1) is 0 Å². The number of carbonyl (C=O) groups excluding carboxylic acids is 2. The topological polar surface area (TPSA) is 63.6 Å². The second kappa shape index (κ2) is 4.72. The molecule has 0 aliphatic rings. The van der Waals surface area contributed by atoms with Crippen molar-refractivity contribution in [3.63, 3.8) is 0 Å². The lowest BCUT2D eigenvalue weighted by Crippen LogP contribution is -2.07. The number of rotatable bonds is 2. The standard InChI is InChI=1S/C15H14O4/c1-8-13(9(2)16)14(18)11-6-4-5-7-12(11)15(8)19-10(3)17/h4-7,18H,1-3H3. The van der Waals surface area contributed by atoms with Crippen molar-refractivity contribution in [1.82, 2.24) is 0 Å². The highest BCUT2D eigenvalue weighted by atomic mass is 16.5. The van der Waals surface area contributed by atoms with E-state index in [-0.39, 0.29) is 17.1 Å². The minimum absolute atomic E-state index is 0.0727. The van der Waals surface area contributed by atoms with Crippen LogP contribution in [0, 0.1) is 6.92 Å². The Labute approximate surface area is 110 Å². The van der Waals surface area contributed by atoms with Crippen LogP contribution >= 0.6 is 0 Å². The van der Waals surface area contributed by atoms with Gasteiger partial charge in [-0.25, -0.2) is 0 Å². The zero-order valence-electron chi connectivity index (χ0n) is 11.0. The average molecular weight is 258 g/mol. The summed E-state index contributed by atoms with van der Waals surface area (Å²) in [5.74, 6) is -0.481. The Bertz CT molecular complexity index is 686. The second-order valence-electron chi connectivity index (χ2n) is 4.37. The number of phenols is 1. The van der Waals surface area contributed by atoms with Crippen LogP contribution in [0.3, 0.4) is 0 Å². The quantitative estimate of drug-likeness (QED) is 0.511. The summed E-state index contributed by atoms with van der Waals surface area (Å²) < 4.78 is 5.20. The normalized spacial score (nSPS) is 10.5. The summed E-state index contributed by atoms with van der Waals surface area (Å²) in [6, 6.07) is 6.95. The van der Waals surface area contributed by atoms with Crippen molar-refractivity contribution >= 4 is 22.5 Å². The van der Waals surface area contributed by atoms with Crippen LogP contribution in [-0.2, 0) is 4.79 Å². The Morgan fingerprint density at radius 3 is 2.21 bits per heavy atom. The number of ether oxygens (including phenoxy) is 1. The maximum absolute atomic E-state index is 11.7. The van der Waals surface area contributed by atoms with Crippen molar-refractivity contribution < 1.29 is 19.4 Å². The first-order chi connectivity index (χ1) is 8.93. The first-order valence-electron chi connectivity index (χ1n) is 5.87. The third-order valence-electron chi connectivity index (χ3n) is 2.98. The third-order valence-corrected chi connectivity index (χ3v) is 2.98. The molecule has 0 aromatic heterocycles. The van der Waals surface area contributed by atoms with E-state index >= 15 is 0 Å². The van der Waals surface area contributed by atoms with Crippen LogP contribution in [-0.4, -0.2) is 16.9 Å². The summed E-state index contributed by atoms with van der Waals surface area (Å²) >= 11 is 0. The van der Waals surface area contributed by atoms with E-state index in [9.17, 15) is 14.7 Å². The largest absolute Gasteiger partial charge is 0.507 e. The molecule has 0 radical (unpaired) electrons. The number of ketones is 1. The Hall–Kier alpha value is -2.36. The molecule has 19 heavy (non-hydrogen) atoms. The van der Waals surface area contributed by atoms with Gasteiger partial charge in [0.1, 0.15) is 11.5 Å². The second-order valence-corrected chi connectivity index (χ2v) is 4.37. The molecule has 98 valence electrons. The van der Waals surface area contributed by atoms with E-state index in [4.69, 9.17) is 4.74 Å². The molecule has 0 atom stereocenters. The fourth-order valence-corrected chi connectivity index (χ4v) is 2.22. The molecular formula is C15H14O4. The van der Waals surface area contributed by atoms with Gasteiger partial charge in [0.05, 0.1) is 5.56 Å². The number of Topliss-reactive ketones (excluding diaryl/α,β-unsaturated/α-hetero) is 1. The Kier molecular flexibility index (Phi) is 3.25. The molecule has 0 aliphatic carbocycles. The third kappa shape index (κ3) is 2.17. The molecule has 0 spiro atoms. The van der Waals surface area contributed by atoms with Crippen LogP contribution in [0.15, 0.2) is 24.3 Å². The summed E-state index contributed by atoms with van der Waals surface area (Å²) in [6.07, 6.45) is 0. The fourth-order valence-electron chi connectivity index (χ4n) is 2.22. The molecule has 4 heteroatoms. The summed E-state index contributed by atoms with van der Waals surface area (Å²) in [6.45, 7) is 4.32. The van der Waals surface area contributed by atoms with Crippen LogP contribution in [0.5, 0.6) is 11.5 Å². The zero-order chi connectivity index (χ0) is 14.2. The van der Waals surface area contributed by atoms with Gasteiger partial charge in [0, 0.05) is 23.3 Å². The van der Waals surface area contributed by atoms with Crippen LogP contribution in [0.1, 0.15) is 29.8 Å². The molecular weight excluding hydrogens is 244 g/mol. The minimum atomic E-state index is -0.464. The number of fused-ring (bicyclic) bond motifs is 1. The first kappa shape index (κ1) is 13.1. The van der Waals surface area contributed by atoms with Crippen molar-refractivity contribution in [3.05, 3.63) is 35.4 Å². The van der Waals surface area contributed by atoms with Gasteiger partial charge in [-0.2, -0.15) is 0 Å². The van der Waals surface area contributed by atoms with E-state index in [2.05, 4.69) is 0 Å². The maximum Gasteiger partial charge on any atom is 0.308 e. The van der Waals surface area contributed by atoms with Crippen LogP contribution < -0.4 is 4.74 Å². The molecule has 2 aromatic rings. The van der Waals surface area contributed by atoms with Crippen LogP contribution in [0.2, 0.25) is 0 Å². The molecule has 0 aliphatic heterocycles. The van der Waals surface area contributed by atoms with Crippen LogP contribution in [0.4, 0.5) is 0 Å². The first-order valence-corrected chi connectivity index (χ1v) is 5.87. The Morgan fingerprint density at radius 2 is 1.68 bits per heavy atom. The van der Waals surface area contributed by atoms with Gasteiger partial charge >= 0.3 is 5.97 Å². The van der Waals surface area contributed by atoms with Gasteiger partial charge in [0.25, 0.3) is 0 Å². The summed E-state index contributed by atoms with van der Waals surface area (Å²) in [4.78, 5) is 22.9. The molecule has 2 rings (SSSR count). The average Bonchev–Trinajstić information content (AvgIpc) is 2.34. The number of hydrogen-bond acceptors (Lipinski definition) is 4. The number of carbonyl (C=O) groups is 2. The number of aromatic hydroxyl groups is 1. The lowest BCUT2D eigenvalue weighted by Gasteiger charge is -2.15. The highest BCUT2D eigenvalue weighted by Gasteiger charge is 2.20. The Balaban J connectivity index is 2.91. The molecule has 0 unspecified atom stereocenters.